The third kappa shape index (κ3) is 5.91. The predicted molar refractivity (Wildman–Crippen MR) is 111 cm³/mol. The van der Waals surface area contributed by atoms with Crippen molar-refractivity contribution in [2.24, 2.45) is 0 Å². The number of aromatic carboxylic acids is 1. The number of carbonyl (C=O) groups excluding carboxylic acids is 2. The third-order valence-corrected chi connectivity index (χ3v) is 4.27. The maximum Gasteiger partial charge on any atom is 0.337 e. The quantitative estimate of drug-likeness (QED) is 0.481. The zero-order valence-corrected chi connectivity index (χ0v) is 16.6. The molecule has 0 spiro atoms. The number of hydrogen-bond acceptors (Lipinski definition) is 5. The van der Waals surface area contributed by atoms with E-state index in [0.717, 1.165) is 0 Å². The Morgan fingerprint density at radius 2 is 1.77 bits per heavy atom. The Morgan fingerprint density at radius 1 is 1.03 bits per heavy atom. The van der Waals surface area contributed by atoms with Crippen molar-refractivity contribution in [1.29, 1.82) is 0 Å². The number of hydrogen-bond donors (Lipinski definition) is 3. The molecule has 0 radical (unpaired) electrons. The summed E-state index contributed by atoms with van der Waals surface area (Å²) in [6.07, 6.45) is 2.78. The van der Waals surface area contributed by atoms with E-state index in [4.69, 9.17) is 25.9 Å². The molecule has 0 fully saturated rings. The van der Waals surface area contributed by atoms with Gasteiger partial charge in [-0.3, -0.25) is 9.59 Å². The minimum Gasteiger partial charge on any atom is -0.478 e. The summed E-state index contributed by atoms with van der Waals surface area (Å²) >= 11 is 5.76. The third-order valence-electron chi connectivity index (χ3n) is 4.03. The summed E-state index contributed by atoms with van der Waals surface area (Å²) in [5, 5.41) is 14.3. The lowest BCUT2D eigenvalue weighted by Crippen LogP contribution is -2.24. The van der Waals surface area contributed by atoms with E-state index in [9.17, 15) is 18.8 Å². The van der Waals surface area contributed by atoms with Crippen LogP contribution in [0.4, 0.5) is 15.8 Å². The topological polar surface area (TPSA) is 118 Å². The lowest BCUT2D eigenvalue weighted by atomic mass is 10.1. The van der Waals surface area contributed by atoms with Gasteiger partial charge in [0.15, 0.2) is 0 Å². The number of amides is 2. The molecule has 0 saturated carbocycles. The molecule has 31 heavy (non-hydrogen) atoms. The summed E-state index contributed by atoms with van der Waals surface area (Å²) in [4.78, 5) is 35.3. The van der Waals surface area contributed by atoms with Crippen molar-refractivity contribution >= 4 is 40.8 Å². The Hall–Kier alpha value is -3.69. The molecule has 8 nitrogen and oxygen atoms in total. The standard InChI is InChI=1S/C21H16ClFN2O6/c22-13-1-4-18(16(7-13)21(28)29)25-20(27)11-31-10-19(26)24-14-2-3-17(23)15(8-14)12-5-6-30-9-12/h1-9H,10-11H2,(H,24,26)(H,25,27)(H,28,29). The van der Waals surface area contributed by atoms with Gasteiger partial charge in [0.25, 0.3) is 0 Å². The van der Waals surface area contributed by atoms with Gasteiger partial charge in [0.05, 0.1) is 23.8 Å². The van der Waals surface area contributed by atoms with Crippen molar-refractivity contribution in [1.82, 2.24) is 0 Å². The summed E-state index contributed by atoms with van der Waals surface area (Å²) in [5.41, 5.74) is 0.979. The molecule has 2 aromatic carbocycles. The van der Waals surface area contributed by atoms with Gasteiger partial charge in [0.1, 0.15) is 19.0 Å². The van der Waals surface area contributed by atoms with Crippen LogP contribution in [0.1, 0.15) is 10.4 Å². The molecule has 0 saturated heterocycles. The van der Waals surface area contributed by atoms with Crippen LogP contribution in [0.3, 0.4) is 0 Å². The van der Waals surface area contributed by atoms with Crippen LogP contribution >= 0.6 is 11.6 Å². The maximum absolute atomic E-state index is 14.0. The van der Waals surface area contributed by atoms with Gasteiger partial charge in [-0.05, 0) is 42.5 Å². The monoisotopic (exact) mass is 446 g/mol. The van der Waals surface area contributed by atoms with Crippen LogP contribution in [-0.2, 0) is 14.3 Å². The number of anilines is 2. The molecule has 3 rings (SSSR count). The van der Waals surface area contributed by atoms with E-state index in [1.807, 2.05) is 0 Å². The number of carboxylic acid groups (broad SMARTS) is 1. The van der Waals surface area contributed by atoms with Gasteiger partial charge in [-0.2, -0.15) is 0 Å². The first-order valence-electron chi connectivity index (χ1n) is 8.86. The van der Waals surface area contributed by atoms with Crippen LogP contribution in [0.15, 0.2) is 59.4 Å². The van der Waals surface area contributed by atoms with Gasteiger partial charge in [-0.25, -0.2) is 9.18 Å². The van der Waals surface area contributed by atoms with Crippen LogP contribution in [0, 0.1) is 5.82 Å². The van der Waals surface area contributed by atoms with Gasteiger partial charge in [-0.1, -0.05) is 11.6 Å². The molecule has 0 unspecified atom stereocenters. The van der Waals surface area contributed by atoms with Gasteiger partial charge >= 0.3 is 5.97 Å². The SMILES string of the molecule is O=C(COCC(=O)Nc1ccc(Cl)cc1C(=O)O)Nc1ccc(F)c(-c2ccoc2)c1. The average molecular weight is 447 g/mol. The number of ether oxygens (including phenoxy) is 1. The van der Waals surface area contributed by atoms with Crippen LogP contribution in [0.25, 0.3) is 11.1 Å². The second-order valence-corrected chi connectivity index (χ2v) is 6.73. The largest absolute Gasteiger partial charge is 0.478 e. The molecule has 2 amide bonds. The molecule has 0 aliphatic rings. The van der Waals surface area contributed by atoms with E-state index in [1.54, 1.807) is 6.07 Å². The van der Waals surface area contributed by atoms with Gasteiger partial charge in [0.2, 0.25) is 11.8 Å². The molecule has 10 heteroatoms. The highest BCUT2D eigenvalue weighted by Crippen LogP contribution is 2.26. The van der Waals surface area contributed by atoms with E-state index in [0.29, 0.717) is 11.3 Å². The normalized spacial score (nSPS) is 10.5. The van der Waals surface area contributed by atoms with Crippen LogP contribution in [0.2, 0.25) is 5.02 Å². The number of benzene rings is 2. The Bertz CT molecular complexity index is 1120. The fourth-order valence-corrected chi connectivity index (χ4v) is 2.84. The van der Waals surface area contributed by atoms with Gasteiger partial charge in [-0.15, -0.1) is 0 Å². The van der Waals surface area contributed by atoms with Gasteiger partial charge < -0.3 is 24.9 Å². The molecule has 0 aliphatic carbocycles. The van der Waals surface area contributed by atoms with Crippen LogP contribution < -0.4 is 10.6 Å². The molecule has 160 valence electrons. The second-order valence-electron chi connectivity index (χ2n) is 6.29. The number of rotatable bonds is 8. The minimum atomic E-state index is -1.26. The van der Waals surface area contributed by atoms with E-state index in [2.05, 4.69) is 10.6 Å². The molecular formula is C21H16ClFN2O6. The molecular weight excluding hydrogens is 431 g/mol. The van der Waals surface area contributed by atoms with Crippen molar-refractivity contribution in [3.05, 3.63) is 71.4 Å². The molecule has 3 aromatic rings. The highest BCUT2D eigenvalue weighted by Gasteiger charge is 2.14. The highest BCUT2D eigenvalue weighted by atomic mass is 35.5. The highest BCUT2D eigenvalue weighted by molar-refractivity contribution is 6.31. The van der Waals surface area contributed by atoms with Crippen molar-refractivity contribution in [2.45, 2.75) is 0 Å². The summed E-state index contributed by atoms with van der Waals surface area (Å²) in [7, 11) is 0. The van der Waals surface area contributed by atoms with Gasteiger partial charge in [0, 0.05) is 21.8 Å². The lowest BCUT2D eigenvalue weighted by Gasteiger charge is -2.10. The van der Waals surface area contributed by atoms with Crippen LogP contribution in [0.5, 0.6) is 0 Å². The zero-order chi connectivity index (χ0) is 22.4. The summed E-state index contributed by atoms with van der Waals surface area (Å²) in [6, 6.07) is 9.60. The predicted octanol–water partition coefficient (Wildman–Crippen LogP) is 4.03. The number of halogens is 2. The summed E-state index contributed by atoms with van der Waals surface area (Å²) in [6.45, 7) is -0.933. The van der Waals surface area contributed by atoms with Crippen LogP contribution in [-0.4, -0.2) is 36.1 Å². The van der Waals surface area contributed by atoms with Crippen molar-refractivity contribution in [2.75, 3.05) is 23.8 Å². The zero-order valence-electron chi connectivity index (χ0n) is 15.9. The van der Waals surface area contributed by atoms with Crippen molar-refractivity contribution in [3.8, 4) is 11.1 Å². The number of nitrogens with one attached hydrogen (secondary N) is 2. The molecule has 1 heterocycles. The maximum atomic E-state index is 14.0. The van der Waals surface area contributed by atoms with E-state index < -0.39 is 36.8 Å². The first-order chi connectivity index (χ1) is 14.8. The Balaban J connectivity index is 1.51. The van der Waals surface area contributed by atoms with Crippen molar-refractivity contribution in [3.63, 3.8) is 0 Å². The number of furan rings is 1. The molecule has 0 atom stereocenters. The van der Waals surface area contributed by atoms with Crippen molar-refractivity contribution < 1.29 is 33.0 Å². The minimum absolute atomic E-state index is 0.0491. The molecule has 1 aromatic heterocycles. The molecule has 3 N–H and O–H groups in total. The Morgan fingerprint density at radius 3 is 2.45 bits per heavy atom. The molecule has 0 aliphatic heterocycles. The smallest absolute Gasteiger partial charge is 0.337 e. The Kier molecular flexibility index (Phi) is 7.01. The van der Waals surface area contributed by atoms with E-state index in [-0.39, 0.29) is 21.8 Å². The fraction of sp³-hybridized carbons (Fsp3) is 0.0952. The fourth-order valence-electron chi connectivity index (χ4n) is 2.66. The number of carbonyl (C=O) groups is 3. The second kappa shape index (κ2) is 9.88. The average Bonchev–Trinajstić information content (AvgIpc) is 3.25. The molecule has 0 bridgehead atoms. The van der Waals surface area contributed by atoms with E-state index >= 15 is 0 Å². The first-order valence-corrected chi connectivity index (χ1v) is 9.23. The van der Waals surface area contributed by atoms with E-state index in [1.165, 1.54) is 48.9 Å². The summed E-state index contributed by atoms with van der Waals surface area (Å²) < 4.78 is 24.0. The first kappa shape index (κ1) is 22.0. The lowest BCUT2D eigenvalue weighted by molar-refractivity contribution is -0.125. The summed E-state index contributed by atoms with van der Waals surface area (Å²) in [5.74, 6) is -2.95. The number of carboxylic acids is 1. The Labute approximate surface area is 180 Å².